The van der Waals surface area contributed by atoms with Crippen LogP contribution in [0.2, 0.25) is 0 Å². The average Bonchev–Trinajstić information content (AvgIpc) is 2.57. The lowest BCUT2D eigenvalue weighted by atomic mass is 10.2. The van der Waals surface area contributed by atoms with Crippen LogP contribution in [0.1, 0.15) is 24.2 Å². The van der Waals surface area contributed by atoms with Crippen molar-refractivity contribution < 1.29 is 28.5 Å². The average molecular weight is 337 g/mol. The van der Waals surface area contributed by atoms with E-state index in [-0.39, 0.29) is 30.3 Å². The van der Waals surface area contributed by atoms with Gasteiger partial charge in [0.2, 0.25) is 0 Å². The number of hydrogen-bond donors (Lipinski definition) is 0. The van der Waals surface area contributed by atoms with Crippen LogP contribution in [0.15, 0.2) is 18.2 Å². The Hall–Kier alpha value is -2.28. The van der Waals surface area contributed by atoms with E-state index in [9.17, 15) is 9.59 Å². The minimum atomic E-state index is -0.614. The van der Waals surface area contributed by atoms with Crippen LogP contribution in [-0.2, 0) is 14.3 Å². The van der Waals surface area contributed by atoms with Gasteiger partial charge in [-0.1, -0.05) is 0 Å². The van der Waals surface area contributed by atoms with E-state index in [0.29, 0.717) is 24.6 Å². The predicted octanol–water partition coefficient (Wildman–Crippen LogP) is 1.50. The van der Waals surface area contributed by atoms with E-state index in [1.807, 2.05) is 13.8 Å². The van der Waals surface area contributed by atoms with Crippen LogP contribution >= 0.6 is 0 Å². The Balaban J connectivity index is 1.96. The molecule has 1 fully saturated rings. The van der Waals surface area contributed by atoms with Gasteiger partial charge < -0.3 is 23.8 Å². The molecule has 1 saturated heterocycles. The largest absolute Gasteiger partial charge is 0.497 e. The van der Waals surface area contributed by atoms with Crippen LogP contribution in [0.5, 0.6) is 11.5 Å². The minimum Gasteiger partial charge on any atom is -0.497 e. The summed E-state index contributed by atoms with van der Waals surface area (Å²) in [6.07, 6.45) is -0.0647. The van der Waals surface area contributed by atoms with Gasteiger partial charge in [-0.3, -0.25) is 4.79 Å². The van der Waals surface area contributed by atoms with Crippen LogP contribution in [0, 0.1) is 0 Å². The molecule has 24 heavy (non-hydrogen) atoms. The topological polar surface area (TPSA) is 74.3 Å². The number of carbonyl (C=O) groups is 2. The van der Waals surface area contributed by atoms with Gasteiger partial charge in [-0.15, -0.1) is 0 Å². The van der Waals surface area contributed by atoms with Crippen molar-refractivity contribution in [3.05, 3.63) is 23.8 Å². The van der Waals surface area contributed by atoms with Crippen LogP contribution in [-0.4, -0.2) is 62.9 Å². The zero-order valence-corrected chi connectivity index (χ0v) is 14.4. The fourth-order valence-corrected chi connectivity index (χ4v) is 2.65. The Bertz CT molecular complexity index is 593. The number of morpholine rings is 1. The summed E-state index contributed by atoms with van der Waals surface area (Å²) in [5, 5.41) is 0. The Morgan fingerprint density at radius 1 is 1.17 bits per heavy atom. The maximum atomic E-state index is 12.2. The van der Waals surface area contributed by atoms with Crippen molar-refractivity contribution in [1.82, 2.24) is 4.90 Å². The first kappa shape index (κ1) is 18.1. The second-order valence-electron chi connectivity index (χ2n) is 5.70. The van der Waals surface area contributed by atoms with Gasteiger partial charge >= 0.3 is 5.97 Å². The molecule has 7 heteroatoms. The van der Waals surface area contributed by atoms with Crippen molar-refractivity contribution in [2.75, 3.05) is 33.9 Å². The molecular weight excluding hydrogens is 314 g/mol. The zero-order chi connectivity index (χ0) is 17.7. The smallest absolute Gasteiger partial charge is 0.342 e. The van der Waals surface area contributed by atoms with Gasteiger partial charge in [0.15, 0.2) is 6.61 Å². The van der Waals surface area contributed by atoms with Gasteiger partial charge in [0.25, 0.3) is 5.91 Å². The summed E-state index contributed by atoms with van der Waals surface area (Å²) in [6, 6.07) is 4.76. The first-order valence-corrected chi connectivity index (χ1v) is 7.77. The Morgan fingerprint density at radius 3 is 2.42 bits per heavy atom. The van der Waals surface area contributed by atoms with E-state index < -0.39 is 5.97 Å². The third-order valence-electron chi connectivity index (χ3n) is 3.73. The monoisotopic (exact) mass is 337 g/mol. The molecule has 2 atom stereocenters. The minimum absolute atomic E-state index is 0.0323. The van der Waals surface area contributed by atoms with E-state index in [1.54, 1.807) is 23.1 Å². The SMILES string of the molecule is COc1ccc(C(=O)OCC(=O)N2C[C@@H](C)O[C@@H](C)C2)c(OC)c1. The Morgan fingerprint density at radius 2 is 1.83 bits per heavy atom. The van der Waals surface area contributed by atoms with Gasteiger partial charge in [-0.2, -0.15) is 0 Å². The third-order valence-corrected chi connectivity index (χ3v) is 3.73. The van der Waals surface area contributed by atoms with Crippen molar-refractivity contribution in [3.63, 3.8) is 0 Å². The maximum absolute atomic E-state index is 12.2. The van der Waals surface area contributed by atoms with Crippen LogP contribution in [0.4, 0.5) is 0 Å². The molecule has 1 amide bonds. The number of esters is 1. The van der Waals surface area contributed by atoms with Gasteiger partial charge in [-0.05, 0) is 26.0 Å². The maximum Gasteiger partial charge on any atom is 0.342 e. The molecule has 0 bridgehead atoms. The fraction of sp³-hybridized carbons (Fsp3) is 0.529. The van der Waals surface area contributed by atoms with Crippen molar-refractivity contribution in [2.24, 2.45) is 0 Å². The second kappa shape index (κ2) is 8.01. The molecule has 1 aliphatic rings. The van der Waals surface area contributed by atoms with E-state index in [4.69, 9.17) is 18.9 Å². The van der Waals surface area contributed by atoms with E-state index >= 15 is 0 Å². The summed E-state index contributed by atoms with van der Waals surface area (Å²) in [5.41, 5.74) is 0.245. The van der Waals surface area contributed by atoms with Crippen molar-refractivity contribution in [1.29, 1.82) is 0 Å². The van der Waals surface area contributed by atoms with Crippen LogP contribution in [0.3, 0.4) is 0 Å². The lowest BCUT2D eigenvalue weighted by molar-refractivity contribution is -0.146. The van der Waals surface area contributed by atoms with Gasteiger partial charge in [0.1, 0.15) is 17.1 Å². The number of ether oxygens (including phenoxy) is 4. The molecule has 0 aliphatic carbocycles. The molecule has 132 valence electrons. The first-order chi connectivity index (χ1) is 11.4. The first-order valence-electron chi connectivity index (χ1n) is 7.77. The molecule has 2 rings (SSSR count). The number of amides is 1. The van der Waals surface area contributed by atoms with Crippen molar-refractivity contribution in [2.45, 2.75) is 26.1 Å². The molecule has 0 N–H and O–H groups in total. The van der Waals surface area contributed by atoms with Crippen LogP contribution < -0.4 is 9.47 Å². The van der Waals surface area contributed by atoms with E-state index in [0.717, 1.165) is 0 Å². The standard InChI is InChI=1S/C17H23NO6/c1-11-8-18(9-12(2)24-11)16(19)10-23-17(20)14-6-5-13(21-3)7-15(14)22-4/h5-7,11-12H,8-10H2,1-4H3/t11-,12+. The normalized spacial score (nSPS) is 20.4. The molecule has 1 aliphatic heterocycles. The fourth-order valence-electron chi connectivity index (χ4n) is 2.65. The lowest BCUT2D eigenvalue weighted by Gasteiger charge is -2.35. The van der Waals surface area contributed by atoms with Gasteiger partial charge in [0, 0.05) is 19.2 Å². The number of nitrogens with zero attached hydrogens (tertiary/aromatic N) is 1. The summed E-state index contributed by atoms with van der Waals surface area (Å²) < 4.78 is 21.0. The molecular formula is C17H23NO6. The third kappa shape index (κ3) is 4.38. The highest BCUT2D eigenvalue weighted by Gasteiger charge is 2.26. The molecule has 1 aromatic carbocycles. The number of hydrogen-bond acceptors (Lipinski definition) is 6. The quantitative estimate of drug-likeness (QED) is 0.758. The number of rotatable bonds is 5. The highest BCUT2D eigenvalue weighted by atomic mass is 16.5. The number of carbonyl (C=O) groups excluding carboxylic acids is 2. The molecule has 0 saturated carbocycles. The second-order valence-corrected chi connectivity index (χ2v) is 5.70. The number of benzene rings is 1. The van der Waals surface area contributed by atoms with Gasteiger partial charge in [-0.25, -0.2) is 4.79 Å². The Kier molecular flexibility index (Phi) is 6.03. The molecule has 0 radical (unpaired) electrons. The molecule has 1 heterocycles. The summed E-state index contributed by atoms with van der Waals surface area (Å²) >= 11 is 0. The molecule has 1 aromatic rings. The van der Waals surface area contributed by atoms with Gasteiger partial charge in [0.05, 0.1) is 26.4 Å². The highest BCUT2D eigenvalue weighted by Crippen LogP contribution is 2.25. The summed E-state index contributed by atoms with van der Waals surface area (Å²) in [6.45, 7) is 4.49. The lowest BCUT2D eigenvalue weighted by Crippen LogP contribution is -2.49. The summed E-state index contributed by atoms with van der Waals surface area (Å²) in [7, 11) is 2.98. The van der Waals surface area contributed by atoms with Crippen molar-refractivity contribution >= 4 is 11.9 Å². The molecule has 0 unspecified atom stereocenters. The van der Waals surface area contributed by atoms with E-state index in [2.05, 4.69) is 0 Å². The van der Waals surface area contributed by atoms with E-state index in [1.165, 1.54) is 14.2 Å². The molecule has 0 aromatic heterocycles. The predicted molar refractivity (Wildman–Crippen MR) is 86.4 cm³/mol. The summed E-state index contributed by atoms with van der Waals surface area (Å²) in [4.78, 5) is 26.1. The number of methoxy groups -OCH3 is 2. The summed E-state index contributed by atoms with van der Waals surface area (Å²) in [5.74, 6) is 0.0474. The van der Waals surface area contributed by atoms with Crippen LogP contribution in [0.25, 0.3) is 0 Å². The van der Waals surface area contributed by atoms with Crippen molar-refractivity contribution in [3.8, 4) is 11.5 Å². The molecule has 7 nitrogen and oxygen atoms in total. The highest BCUT2D eigenvalue weighted by molar-refractivity contribution is 5.94. The molecule has 0 spiro atoms. The zero-order valence-electron chi connectivity index (χ0n) is 14.4. The Labute approximate surface area is 141 Å².